The van der Waals surface area contributed by atoms with Crippen LogP contribution in [0, 0.1) is 13.3 Å². The van der Waals surface area contributed by atoms with Gasteiger partial charge in [0.25, 0.3) is 0 Å². The van der Waals surface area contributed by atoms with Crippen LogP contribution in [-0.2, 0) is 23.1 Å². The molecule has 0 saturated heterocycles. The van der Waals surface area contributed by atoms with Crippen molar-refractivity contribution in [3.8, 4) is 28.8 Å². The number of hydrogen-bond acceptors (Lipinski definition) is 12. The zero-order valence-electron chi connectivity index (χ0n) is 30.9. The molecule has 0 unspecified atom stereocenters. The number of aromatic nitrogens is 5. The van der Waals surface area contributed by atoms with Gasteiger partial charge in [-0.15, -0.1) is 0 Å². The highest BCUT2D eigenvalue weighted by molar-refractivity contribution is 7.89. The molecule has 0 aliphatic carbocycles. The highest BCUT2D eigenvalue weighted by Crippen LogP contribution is 2.31. The van der Waals surface area contributed by atoms with Gasteiger partial charge in [-0.3, -0.25) is 0 Å². The molecule has 13 nitrogen and oxygen atoms in total. The predicted molar refractivity (Wildman–Crippen MR) is 208 cm³/mol. The molecule has 0 bridgehead atoms. The van der Waals surface area contributed by atoms with Crippen molar-refractivity contribution in [2.75, 3.05) is 45.6 Å². The zero-order chi connectivity index (χ0) is 38.2. The van der Waals surface area contributed by atoms with E-state index < -0.39 is 10.0 Å². The molecule has 6 aromatic rings. The van der Waals surface area contributed by atoms with E-state index >= 15 is 0 Å². The minimum Gasteiger partial charge on any atom is -0.497 e. The SMILES string of the molecule is COc1ccc(CN(Cc2ccc(OC)cc2)c2nc(C)nc(-c3cc([CH]c4ccc(S(=O)(=O)N(C)C)cc4)cnc3Nc3ccc(OC)nc3)n2)cc1. The highest BCUT2D eigenvalue weighted by atomic mass is 32.2. The number of nitrogens with one attached hydrogen (secondary N) is 1. The fourth-order valence-electron chi connectivity index (χ4n) is 5.51. The fourth-order valence-corrected chi connectivity index (χ4v) is 6.41. The van der Waals surface area contributed by atoms with Crippen molar-refractivity contribution in [3.05, 3.63) is 138 Å². The van der Waals surface area contributed by atoms with Crippen LogP contribution in [-0.4, -0.2) is 73.1 Å². The Labute approximate surface area is 315 Å². The third-order valence-electron chi connectivity index (χ3n) is 8.43. The first-order valence-corrected chi connectivity index (χ1v) is 18.4. The average Bonchev–Trinajstić information content (AvgIpc) is 3.19. The number of sulfonamides is 1. The first kappa shape index (κ1) is 37.6. The average molecular weight is 746 g/mol. The maximum Gasteiger partial charge on any atom is 0.242 e. The molecule has 0 saturated carbocycles. The third-order valence-corrected chi connectivity index (χ3v) is 10.3. The lowest BCUT2D eigenvalue weighted by Gasteiger charge is -2.24. The third kappa shape index (κ3) is 9.08. The lowest BCUT2D eigenvalue weighted by Crippen LogP contribution is -2.25. The van der Waals surface area contributed by atoms with Gasteiger partial charge in [-0.05, 0) is 77.7 Å². The van der Waals surface area contributed by atoms with E-state index in [0.717, 1.165) is 33.8 Å². The monoisotopic (exact) mass is 745 g/mol. The standard InChI is InChI=1S/C40H41N8O5S/c1-27-43-39(46-40(44-27)48(25-29-7-14-33(51-4)15-8-29)26-30-9-16-34(52-5)17-10-30)36-22-31(21-28-11-18-35(19-12-28)54(49,50)47(2)3)23-42-38(36)45-32-13-20-37(53-6)41-24-32/h7-24H,25-26H2,1-6H3,(H,42,45). The Kier molecular flexibility index (Phi) is 11.6. The van der Waals surface area contributed by atoms with Crippen molar-refractivity contribution in [2.45, 2.75) is 24.9 Å². The molecule has 3 aromatic carbocycles. The van der Waals surface area contributed by atoms with Gasteiger partial charge >= 0.3 is 0 Å². The summed E-state index contributed by atoms with van der Waals surface area (Å²) in [5, 5.41) is 3.37. The maximum atomic E-state index is 12.6. The minimum atomic E-state index is -3.56. The van der Waals surface area contributed by atoms with Crippen molar-refractivity contribution in [1.82, 2.24) is 29.2 Å². The van der Waals surface area contributed by atoms with Crippen LogP contribution in [0.25, 0.3) is 11.4 Å². The molecule has 0 amide bonds. The molecule has 3 aromatic heterocycles. The number of methoxy groups -OCH3 is 3. The Balaban J connectivity index is 1.40. The fraction of sp³-hybridized carbons (Fsp3) is 0.200. The summed E-state index contributed by atoms with van der Waals surface area (Å²) in [6, 6.07) is 28.0. The highest BCUT2D eigenvalue weighted by Gasteiger charge is 2.20. The molecule has 1 N–H and O–H groups in total. The Morgan fingerprint density at radius 1 is 0.704 bits per heavy atom. The second-order valence-electron chi connectivity index (χ2n) is 12.4. The van der Waals surface area contributed by atoms with Crippen LogP contribution in [0.2, 0.25) is 0 Å². The summed E-state index contributed by atoms with van der Waals surface area (Å²) >= 11 is 0. The van der Waals surface area contributed by atoms with Gasteiger partial charge in [0.05, 0.1) is 43.7 Å². The molecular formula is C40H41N8O5S. The van der Waals surface area contributed by atoms with Crippen LogP contribution in [0.4, 0.5) is 17.5 Å². The summed E-state index contributed by atoms with van der Waals surface area (Å²) in [5.74, 6) is 3.93. The van der Waals surface area contributed by atoms with Gasteiger partial charge < -0.3 is 24.4 Å². The number of pyridine rings is 2. The second kappa shape index (κ2) is 16.7. The molecule has 0 spiro atoms. The van der Waals surface area contributed by atoms with E-state index in [1.165, 1.54) is 18.4 Å². The first-order valence-electron chi connectivity index (χ1n) is 16.9. The molecular weight excluding hydrogens is 705 g/mol. The topological polar surface area (TPSA) is 145 Å². The van der Waals surface area contributed by atoms with Crippen molar-refractivity contribution >= 4 is 27.5 Å². The van der Waals surface area contributed by atoms with Crippen molar-refractivity contribution in [2.24, 2.45) is 0 Å². The number of hydrogen-bond donors (Lipinski definition) is 1. The Morgan fingerprint density at radius 2 is 1.33 bits per heavy atom. The molecule has 0 aliphatic rings. The van der Waals surface area contributed by atoms with Crippen LogP contribution < -0.4 is 24.4 Å². The number of rotatable bonds is 15. The van der Waals surface area contributed by atoms with Crippen LogP contribution in [0.15, 0.2) is 108 Å². The Morgan fingerprint density at radius 3 is 1.87 bits per heavy atom. The molecule has 0 aliphatic heterocycles. The van der Waals surface area contributed by atoms with Crippen molar-refractivity contribution in [1.29, 1.82) is 0 Å². The normalized spacial score (nSPS) is 11.3. The smallest absolute Gasteiger partial charge is 0.242 e. The van der Waals surface area contributed by atoms with Gasteiger partial charge in [0.2, 0.25) is 21.9 Å². The summed E-state index contributed by atoms with van der Waals surface area (Å²) in [7, 11) is 4.30. The molecule has 1 radical (unpaired) electrons. The number of aryl methyl sites for hydroxylation is 1. The Hall–Kier alpha value is -6.12. The molecule has 0 atom stereocenters. The molecule has 6 rings (SSSR count). The molecule has 3 heterocycles. The predicted octanol–water partition coefficient (Wildman–Crippen LogP) is 6.46. The molecule has 54 heavy (non-hydrogen) atoms. The summed E-state index contributed by atoms with van der Waals surface area (Å²) in [6.45, 7) is 2.85. The number of ether oxygens (including phenoxy) is 3. The lowest BCUT2D eigenvalue weighted by molar-refractivity contribution is 0.398. The number of anilines is 3. The second-order valence-corrected chi connectivity index (χ2v) is 14.6. The van der Waals surface area contributed by atoms with E-state index in [2.05, 4.69) is 15.2 Å². The Bertz CT molecular complexity index is 2240. The number of nitrogens with zero attached hydrogens (tertiary/aromatic N) is 7. The van der Waals surface area contributed by atoms with E-state index in [1.807, 2.05) is 74.0 Å². The van der Waals surface area contributed by atoms with Gasteiger partial charge in [-0.25, -0.2) is 27.7 Å². The van der Waals surface area contributed by atoms with Crippen molar-refractivity contribution in [3.63, 3.8) is 0 Å². The van der Waals surface area contributed by atoms with Gasteiger partial charge in [0, 0.05) is 45.9 Å². The molecule has 0 fully saturated rings. The summed E-state index contributed by atoms with van der Waals surface area (Å²) in [6.07, 6.45) is 5.29. The van der Waals surface area contributed by atoms with Crippen LogP contribution in [0.3, 0.4) is 0 Å². The largest absolute Gasteiger partial charge is 0.497 e. The van der Waals surface area contributed by atoms with E-state index in [0.29, 0.717) is 53.6 Å². The lowest BCUT2D eigenvalue weighted by atomic mass is 10.0. The quantitative estimate of drug-likeness (QED) is 0.123. The van der Waals surface area contributed by atoms with E-state index in [1.54, 1.807) is 64.1 Å². The van der Waals surface area contributed by atoms with Crippen LogP contribution in [0.1, 0.15) is 28.1 Å². The minimum absolute atomic E-state index is 0.207. The van der Waals surface area contributed by atoms with Gasteiger partial charge in [-0.1, -0.05) is 36.4 Å². The summed E-state index contributed by atoms with van der Waals surface area (Å²) in [4.78, 5) is 26.1. The molecule has 14 heteroatoms. The van der Waals surface area contributed by atoms with Gasteiger partial charge in [0.15, 0.2) is 5.82 Å². The van der Waals surface area contributed by atoms with Crippen LogP contribution >= 0.6 is 0 Å². The van der Waals surface area contributed by atoms with E-state index in [4.69, 9.17) is 34.1 Å². The van der Waals surface area contributed by atoms with E-state index in [9.17, 15) is 8.42 Å². The van der Waals surface area contributed by atoms with Gasteiger partial charge in [0.1, 0.15) is 23.1 Å². The maximum absolute atomic E-state index is 12.6. The first-order chi connectivity index (χ1) is 26.0. The number of benzene rings is 3. The summed E-state index contributed by atoms with van der Waals surface area (Å²) < 4.78 is 42.5. The van der Waals surface area contributed by atoms with Crippen molar-refractivity contribution < 1.29 is 22.6 Å². The zero-order valence-corrected chi connectivity index (χ0v) is 31.7. The molecule has 277 valence electrons. The van der Waals surface area contributed by atoms with Gasteiger partial charge in [-0.2, -0.15) is 9.97 Å². The summed E-state index contributed by atoms with van der Waals surface area (Å²) in [5.41, 5.74) is 4.93. The van der Waals surface area contributed by atoms with Crippen LogP contribution in [0.5, 0.6) is 17.4 Å². The van der Waals surface area contributed by atoms with E-state index in [-0.39, 0.29) is 4.90 Å².